The first kappa shape index (κ1) is 30.0. The number of ether oxygens (including phenoxy) is 4. The number of aliphatic hydroxyl groups is 5. The molecular formula is C29H41NO11. The smallest absolute Gasteiger partial charge is 0.306 e. The summed E-state index contributed by atoms with van der Waals surface area (Å²) in [6.07, 6.45) is -2.20. The average molecular weight is 580 g/mol. The Morgan fingerprint density at radius 1 is 1.22 bits per heavy atom. The highest BCUT2D eigenvalue weighted by atomic mass is 16.7. The van der Waals surface area contributed by atoms with E-state index in [1.807, 2.05) is 0 Å². The van der Waals surface area contributed by atoms with Crippen molar-refractivity contribution in [3.05, 3.63) is 24.0 Å². The SMILES string of the molecule is CCOC(=O)CCc1cc2ccoc2c(OCCNC)c1O[C@@H]1O[C@H](CO)[C@]2(O)C[C@@H]3CC[C@@H](O)C[C@H]3[C@@]1(O)[C@H]2O. The number of fused-ring (bicyclic) bond motifs is 5. The normalized spacial score (nSPS) is 34.7. The summed E-state index contributed by atoms with van der Waals surface area (Å²) in [5.74, 6) is -0.943. The first-order valence-corrected chi connectivity index (χ1v) is 14.4. The van der Waals surface area contributed by atoms with Gasteiger partial charge in [0.05, 0.1) is 25.6 Å². The zero-order chi connectivity index (χ0) is 29.4. The predicted octanol–water partition coefficient (Wildman–Crippen LogP) is 0.627. The van der Waals surface area contributed by atoms with Gasteiger partial charge in [-0.05, 0) is 69.7 Å². The molecule has 12 heteroatoms. The lowest BCUT2D eigenvalue weighted by molar-refractivity contribution is -0.391. The number of benzene rings is 1. The number of esters is 1. The minimum Gasteiger partial charge on any atom is -0.485 e. The highest BCUT2D eigenvalue weighted by molar-refractivity contribution is 5.87. The fourth-order valence-corrected chi connectivity index (χ4v) is 6.86. The van der Waals surface area contributed by atoms with Crippen LogP contribution in [0.5, 0.6) is 11.5 Å². The molecule has 0 spiro atoms. The van der Waals surface area contributed by atoms with E-state index in [2.05, 4.69) is 5.32 Å². The van der Waals surface area contributed by atoms with Crippen LogP contribution in [0.2, 0.25) is 0 Å². The lowest BCUT2D eigenvalue weighted by Crippen LogP contribution is -2.80. The maximum Gasteiger partial charge on any atom is 0.306 e. The highest BCUT2D eigenvalue weighted by Gasteiger charge is 2.71. The molecule has 2 aliphatic carbocycles. The number of furan rings is 1. The summed E-state index contributed by atoms with van der Waals surface area (Å²) in [5, 5.41) is 59.7. The molecule has 2 heterocycles. The Bertz CT molecular complexity index is 1220. The van der Waals surface area contributed by atoms with Crippen molar-refractivity contribution in [3.63, 3.8) is 0 Å². The van der Waals surface area contributed by atoms with Crippen LogP contribution < -0.4 is 14.8 Å². The topological polar surface area (TPSA) is 180 Å². The van der Waals surface area contributed by atoms with Crippen LogP contribution in [0, 0.1) is 11.8 Å². The summed E-state index contributed by atoms with van der Waals surface area (Å²) < 4.78 is 29.5. The second kappa shape index (κ2) is 12.0. The monoisotopic (exact) mass is 579 g/mol. The van der Waals surface area contributed by atoms with Crippen molar-refractivity contribution in [2.45, 2.75) is 81.3 Å². The molecule has 0 radical (unpaired) electrons. The van der Waals surface area contributed by atoms with Crippen LogP contribution in [-0.2, 0) is 20.7 Å². The number of nitrogens with one attached hydrogen (secondary N) is 1. The Morgan fingerprint density at radius 3 is 2.76 bits per heavy atom. The largest absolute Gasteiger partial charge is 0.485 e. The minimum absolute atomic E-state index is 0.0395. The standard InChI is InChI=1S/C29H41NO11/c1-3-37-22(33)7-5-16-12-17-8-10-38-23(17)25(39-11-9-30-2)24(16)41-27-29(36)20-13-19(32)6-4-18(20)14-28(35,26(29)34)21(15-31)40-27/h8,10,12,18-21,26-27,30-32,34-36H,3-7,9,11,13-15H2,1-2H3/t18-,19+,20+,21+,26-,27-,28+,29+/m0/s1. The van der Waals surface area contributed by atoms with Gasteiger partial charge < -0.3 is 54.2 Å². The van der Waals surface area contributed by atoms with Gasteiger partial charge in [-0.25, -0.2) is 0 Å². The zero-order valence-corrected chi connectivity index (χ0v) is 23.5. The third-order valence-corrected chi connectivity index (χ3v) is 8.91. The fraction of sp³-hybridized carbons (Fsp3) is 0.690. The van der Waals surface area contributed by atoms with Crippen molar-refractivity contribution >= 4 is 16.9 Å². The van der Waals surface area contributed by atoms with Gasteiger partial charge in [0.2, 0.25) is 12.0 Å². The number of aryl methyl sites for hydroxylation is 1. The van der Waals surface area contributed by atoms with Crippen LogP contribution in [0.3, 0.4) is 0 Å². The summed E-state index contributed by atoms with van der Waals surface area (Å²) >= 11 is 0. The predicted molar refractivity (Wildman–Crippen MR) is 144 cm³/mol. The third kappa shape index (κ3) is 5.31. The Balaban J connectivity index is 1.59. The van der Waals surface area contributed by atoms with Crippen molar-refractivity contribution in [2.24, 2.45) is 11.8 Å². The number of carbonyl (C=O) groups is 1. The van der Waals surface area contributed by atoms with Gasteiger partial charge in [-0.3, -0.25) is 4.79 Å². The van der Waals surface area contributed by atoms with Crippen LogP contribution in [0.4, 0.5) is 0 Å². The minimum atomic E-state index is -2.14. The Morgan fingerprint density at radius 2 is 2.02 bits per heavy atom. The zero-order valence-electron chi connectivity index (χ0n) is 23.5. The van der Waals surface area contributed by atoms with Crippen LogP contribution in [0.15, 0.2) is 22.8 Å². The lowest BCUT2D eigenvalue weighted by atomic mass is 9.54. The van der Waals surface area contributed by atoms with Crippen LogP contribution in [-0.4, -0.2) is 101 Å². The molecule has 1 aliphatic heterocycles. The number of hydrogen-bond donors (Lipinski definition) is 6. The molecule has 0 unspecified atom stereocenters. The van der Waals surface area contributed by atoms with Crippen molar-refractivity contribution in [1.29, 1.82) is 0 Å². The number of carbonyl (C=O) groups excluding carboxylic acids is 1. The van der Waals surface area contributed by atoms with E-state index in [4.69, 9.17) is 23.4 Å². The Labute approximate surface area is 238 Å². The lowest BCUT2D eigenvalue weighted by Gasteiger charge is -2.62. The van der Waals surface area contributed by atoms with Crippen molar-refractivity contribution in [2.75, 3.05) is 33.4 Å². The van der Waals surface area contributed by atoms with Gasteiger partial charge >= 0.3 is 5.97 Å². The van der Waals surface area contributed by atoms with E-state index in [-0.39, 0.29) is 56.3 Å². The van der Waals surface area contributed by atoms with Crippen LogP contribution in [0.1, 0.15) is 44.6 Å². The van der Waals surface area contributed by atoms with E-state index in [9.17, 15) is 30.3 Å². The molecule has 5 rings (SSSR count). The molecule has 3 fully saturated rings. The van der Waals surface area contributed by atoms with E-state index in [1.165, 1.54) is 6.26 Å². The highest BCUT2D eigenvalue weighted by Crippen LogP contribution is 2.56. The molecule has 6 N–H and O–H groups in total. The molecule has 3 aliphatic rings. The molecule has 1 saturated heterocycles. The Kier molecular flexibility index (Phi) is 8.82. The molecular weight excluding hydrogens is 538 g/mol. The number of aliphatic hydroxyl groups excluding tert-OH is 3. The maximum absolute atomic E-state index is 12.3. The van der Waals surface area contributed by atoms with Crippen molar-refractivity contribution in [1.82, 2.24) is 5.32 Å². The van der Waals surface area contributed by atoms with Gasteiger partial charge in [0.1, 0.15) is 24.4 Å². The van der Waals surface area contributed by atoms with Gasteiger partial charge in [0.25, 0.3) is 0 Å². The van der Waals surface area contributed by atoms with Crippen LogP contribution >= 0.6 is 0 Å². The van der Waals surface area contributed by atoms with E-state index in [1.54, 1.807) is 26.1 Å². The van der Waals surface area contributed by atoms with E-state index in [0.29, 0.717) is 35.9 Å². The third-order valence-electron chi connectivity index (χ3n) is 8.91. The molecule has 2 bridgehead atoms. The summed E-state index contributed by atoms with van der Waals surface area (Å²) in [5.41, 5.74) is -3.13. The summed E-state index contributed by atoms with van der Waals surface area (Å²) in [6, 6.07) is 3.54. The fourth-order valence-electron chi connectivity index (χ4n) is 6.86. The molecule has 8 atom stereocenters. The van der Waals surface area contributed by atoms with Gasteiger partial charge in [-0.1, -0.05) is 0 Å². The summed E-state index contributed by atoms with van der Waals surface area (Å²) in [7, 11) is 1.78. The molecule has 2 saturated carbocycles. The first-order chi connectivity index (χ1) is 19.7. The van der Waals surface area contributed by atoms with E-state index < -0.39 is 54.3 Å². The van der Waals surface area contributed by atoms with Crippen molar-refractivity contribution < 1.29 is 53.7 Å². The Hall–Kier alpha value is -2.45. The van der Waals surface area contributed by atoms with Gasteiger partial charge in [0, 0.05) is 24.3 Å². The van der Waals surface area contributed by atoms with Gasteiger partial charge in [-0.15, -0.1) is 0 Å². The maximum atomic E-state index is 12.3. The quantitative estimate of drug-likeness (QED) is 0.162. The number of rotatable bonds is 11. The second-order valence-corrected chi connectivity index (χ2v) is 11.4. The molecule has 0 amide bonds. The van der Waals surface area contributed by atoms with E-state index in [0.717, 1.165) is 0 Å². The molecule has 1 aromatic heterocycles. The molecule has 12 nitrogen and oxygen atoms in total. The van der Waals surface area contributed by atoms with Crippen molar-refractivity contribution in [3.8, 4) is 11.5 Å². The second-order valence-electron chi connectivity index (χ2n) is 11.4. The summed E-state index contributed by atoms with van der Waals surface area (Å²) in [4.78, 5) is 12.3. The average Bonchev–Trinajstić information content (AvgIpc) is 3.42. The van der Waals surface area contributed by atoms with Gasteiger partial charge in [-0.2, -0.15) is 0 Å². The van der Waals surface area contributed by atoms with Crippen LogP contribution in [0.25, 0.3) is 11.0 Å². The molecule has 1 aromatic carbocycles. The molecule has 2 aromatic rings. The summed E-state index contributed by atoms with van der Waals surface area (Å²) in [6.45, 7) is 2.07. The number of likely N-dealkylation sites (N-methyl/N-ethyl adjacent to an activating group) is 1. The first-order valence-electron chi connectivity index (χ1n) is 14.4. The van der Waals surface area contributed by atoms with E-state index >= 15 is 0 Å². The molecule has 41 heavy (non-hydrogen) atoms. The van der Waals surface area contributed by atoms with Gasteiger partial charge in [0.15, 0.2) is 16.9 Å². The number of hydrogen-bond acceptors (Lipinski definition) is 12. The molecule has 228 valence electrons.